The predicted molar refractivity (Wildman–Crippen MR) is 152 cm³/mol. The molecule has 2 aromatic carbocycles. The van der Waals surface area contributed by atoms with Crippen molar-refractivity contribution in [1.29, 1.82) is 0 Å². The molecule has 2 amide bonds. The number of benzene rings is 2. The molecule has 2 unspecified atom stereocenters. The van der Waals surface area contributed by atoms with Gasteiger partial charge in [0, 0.05) is 44.6 Å². The van der Waals surface area contributed by atoms with Crippen LogP contribution < -0.4 is 19.7 Å². The van der Waals surface area contributed by atoms with Crippen LogP contribution >= 0.6 is 0 Å². The SMILES string of the molecule is CC(NC(=O)CC1CN(C(=O)OCc2ccccc2)CCN1c1ccnc(-n2ccnc2)n1)c1ccc2c(c1)OCO2. The molecule has 0 spiro atoms. The molecule has 2 aromatic heterocycles. The van der Waals surface area contributed by atoms with E-state index >= 15 is 0 Å². The standard InChI is InChI=1S/C30H31N7O5/c1-21(23-7-8-25-26(15-23)42-20-41-25)33-28(38)16-24-17-35(30(39)40-18-22-5-3-2-4-6-22)13-14-37(24)27-9-10-32-29(34-27)36-12-11-31-19-36/h2-12,15,19,21,24H,13-14,16-18,20H2,1H3,(H,33,38). The summed E-state index contributed by atoms with van der Waals surface area (Å²) in [7, 11) is 0. The summed E-state index contributed by atoms with van der Waals surface area (Å²) in [4.78, 5) is 43.3. The molecule has 42 heavy (non-hydrogen) atoms. The van der Waals surface area contributed by atoms with E-state index < -0.39 is 6.09 Å². The monoisotopic (exact) mass is 569 g/mol. The summed E-state index contributed by atoms with van der Waals surface area (Å²) in [5, 5.41) is 3.09. The second-order valence-electron chi connectivity index (χ2n) is 10.1. The Morgan fingerprint density at radius 2 is 1.93 bits per heavy atom. The average Bonchev–Trinajstić information content (AvgIpc) is 3.73. The molecule has 1 saturated heterocycles. The van der Waals surface area contributed by atoms with Gasteiger partial charge in [0.25, 0.3) is 0 Å². The second-order valence-corrected chi connectivity index (χ2v) is 10.1. The van der Waals surface area contributed by atoms with Crippen molar-refractivity contribution in [3.8, 4) is 17.4 Å². The third-order valence-corrected chi connectivity index (χ3v) is 7.30. The van der Waals surface area contributed by atoms with Gasteiger partial charge in [0.2, 0.25) is 18.6 Å². The van der Waals surface area contributed by atoms with Gasteiger partial charge in [-0.2, -0.15) is 4.98 Å². The van der Waals surface area contributed by atoms with Gasteiger partial charge in [0.05, 0.1) is 12.1 Å². The topological polar surface area (TPSA) is 124 Å². The van der Waals surface area contributed by atoms with Crippen molar-refractivity contribution >= 4 is 17.8 Å². The van der Waals surface area contributed by atoms with E-state index in [9.17, 15) is 9.59 Å². The number of aromatic nitrogens is 4. The van der Waals surface area contributed by atoms with Crippen molar-refractivity contribution in [2.45, 2.75) is 32.0 Å². The summed E-state index contributed by atoms with van der Waals surface area (Å²) in [6, 6.07) is 16.4. The zero-order valence-corrected chi connectivity index (χ0v) is 23.1. The lowest BCUT2D eigenvalue weighted by Gasteiger charge is -2.41. The highest BCUT2D eigenvalue weighted by molar-refractivity contribution is 5.78. The zero-order chi connectivity index (χ0) is 28.9. The van der Waals surface area contributed by atoms with Crippen molar-refractivity contribution in [2.75, 3.05) is 31.3 Å². The molecule has 12 heteroatoms. The van der Waals surface area contributed by atoms with Crippen molar-refractivity contribution < 1.29 is 23.8 Å². The normalized spacial score (nSPS) is 16.6. The van der Waals surface area contributed by atoms with E-state index in [4.69, 9.17) is 19.2 Å². The molecule has 0 bridgehead atoms. The highest BCUT2D eigenvalue weighted by Gasteiger charge is 2.33. The molecule has 0 radical (unpaired) electrons. The maximum absolute atomic E-state index is 13.4. The Labute approximate surface area is 242 Å². The number of nitrogens with one attached hydrogen (secondary N) is 1. The number of amides is 2. The molecule has 12 nitrogen and oxygen atoms in total. The Morgan fingerprint density at radius 1 is 1.07 bits per heavy atom. The second kappa shape index (κ2) is 12.2. The number of hydrogen-bond donors (Lipinski definition) is 1. The molecule has 2 atom stereocenters. The first kappa shape index (κ1) is 27.1. The van der Waals surface area contributed by atoms with E-state index in [0.717, 1.165) is 11.1 Å². The first-order valence-electron chi connectivity index (χ1n) is 13.8. The maximum atomic E-state index is 13.4. The lowest BCUT2D eigenvalue weighted by molar-refractivity contribution is -0.122. The van der Waals surface area contributed by atoms with E-state index in [2.05, 4.69) is 15.3 Å². The minimum atomic E-state index is -0.417. The molecule has 2 aliphatic rings. The van der Waals surface area contributed by atoms with Crippen LogP contribution in [0.25, 0.3) is 5.95 Å². The lowest BCUT2D eigenvalue weighted by Crippen LogP contribution is -2.56. The third kappa shape index (κ3) is 6.12. The molecule has 216 valence electrons. The van der Waals surface area contributed by atoms with Gasteiger partial charge in [-0.25, -0.2) is 14.8 Å². The minimum absolute atomic E-state index is 0.141. The number of hydrogen-bond acceptors (Lipinski definition) is 9. The maximum Gasteiger partial charge on any atom is 0.410 e. The van der Waals surface area contributed by atoms with Gasteiger partial charge in [-0.3, -0.25) is 9.36 Å². The number of anilines is 1. The summed E-state index contributed by atoms with van der Waals surface area (Å²) < 4.78 is 18.2. The molecule has 1 fully saturated rings. The molecule has 4 aromatic rings. The molecule has 6 rings (SSSR count). The van der Waals surface area contributed by atoms with Crippen molar-refractivity contribution in [3.05, 3.63) is 90.6 Å². The highest BCUT2D eigenvalue weighted by atomic mass is 16.7. The number of rotatable bonds is 8. The number of imidazole rings is 1. The van der Waals surface area contributed by atoms with Crippen molar-refractivity contribution in [2.24, 2.45) is 0 Å². The van der Waals surface area contributed by atoms with Crippen LogP contribution in [-0.2, 0) is 16.1 Å². The average molecular weight is 570 g/mol. The van der Waals surface area contributed by atoms with Crippen molar-refractivity contribution in [1.82, 2.24) is 29.7 Å². The Balaban J connectivity index is 1.17. The summed E-state index contributed by atoms with van der Waals surface area (Å²) >= 11 is 0. The fraction of sp³-hybridized carbons (Fsp3) is 0.300. The number of nitrogens with zero attached hydrogens (tertiary/aromatic N) is 6. The van der Waals surface area contributed by atoms with E-state index in [1.807, 2.05) is 66.4 Å². The first-order valence-corrected chi connectivity index (χ1v) is 13.8. The Morgan fingerprint density at radius 3 is 2.76 bits per heavy atom. The number of ether oxygens (including phenoxy) is 3. The third-order valence-electron chi connectivity index (χ3n) is 7.30. The number of carbonyl (C=O) groups excluding carboxylic acids is 2. The quantitative estimate of drug-likeness (QED) is 0.340. The van der Waals surface area contributed by atoms with Crippen LogP contribution in [0.15, 0.2) is 79.5 Å². The lowest BCUT2D eigenvalue weighted by atomic mass is 10.1. The van der Waals surface area contributed by atoms with Gasteiger partial charge in [-0.1, -0.05) is 36.4 Å². The van der Waals surface area contributed by atoms with E-state index in [-0.39, 0.29) is 37.8 Å². The fourth-order valence-corrected chi connectivity index (χ4v) is 5.09. The summed E-state index contributed by atoms with van der Waals surface area (Å²) in [5.41, 5.74) is 1.81. The van der Waals surface area contributed by atoms with Crippen LogP contribution in [0.4, 0.5) is 10.6 Å². The van der Waals surface area contributed by atoms with Crippen LogP contribution in [0.5, 0.6) is 11.5 Å². The Bertz CT molecular complexity index is 1530. The Kier molecular flexibility index (Phi) is 7.84. The molecular weight excluding hydrogens is 538 g/mol. The summed E-state index contributed by atoms with van der Waals surface area (Å²) in [6.07, 6.45) is 6.45. The fourth-order valence-electron chi connectivity index (χ4n) is 5.09. The van der Waals surface area contributed by atoms with Crippen LogP contribution in [0.2, 0.25) is 0 Å². The predicted octanol–water partition coefficient (Wildman–Crippen LogP) is 3.49. The van der Waals surface area contributed by atoms with Gasteiger partial charge in [0.15, 0.2) is 11.5 Å². The number of fused-ring (bicyclic) bond motifs is 1. The largest absolute Gasteiger partial charge is 0.454 e. The smallest absolute Gasteiger partial charge is 0.410 e. The van der Waals surface area contributed by atoms with E-state index in [1.165, 1.54) is 0 Å². The molecule has 0 aliphatic carbocycles. The van der Waals surface area contributed by atoms with Gasteiger partial charge < -0.3 is 29.3 Å². The van der Waals surface area contributed by atoms with E-state index in [1.54, 1.807) is 34.4 Å². The van der Waals surface area contributed by atoms with Gasteiger partial charge >= 0.3 is 6.09 Å². The first-order chi connectivity index (χ1) is 20.5. The van der Waals surface area contributed by atoms with Crippen LogP contribution in [0.1, 0.15) is 30.5 Å². The Hall–Kier alpha value is -5.13. The number of piperazine rings is 1. The summed E-state index contributed by atoms with van der Waals surface area (Å²) in [5.74, 6) is 2.32. The molecule has 4 heterocycles. The number of carbonyl (C=O) groups is 2. The molecule has 0 saturated carbocycles. The van der Waals surface area contributed by atoms with E-state index in [0.29, 0.717) is 42.9 Å². The van der Waals surface area contributed by atoms with Gasteiger partial charge in [-0.05, 0) is 36.2 Å². The molecular formula is C30H31N7O5. The van der Waals surface area contributed by atoms with Crippen LogP contribution in [-0.4, -0.2) is 68.9 Å². The minimum Gasteiger partial charge on any atom is -0.454 e. The highest BCUT2D eigenvalue weighted by Crippen LogP contribution is 2.34. The molecule has 2 aliphatic heterocycles. The summed E-state index contributed by atoms with van der Waals surface area (Å²) in [6.45, 7) is 3.47. The van der Waals surface area contributed by atoms with Crippen molar-refractivity contribution in [3.63, 3.8) is 0 Å². The molecule has 1 N–H and O–H groups in total. The van der Waals surface area contributed by atoms with Crippen LogP contribution in [0.3, 0.4) is 0 Å². The van der Waals surface area contributed by atoms with Crippen LogP contribution in [0, 0.1) is 0 Å². The zero-order valence-electron chi connectivity index (χ0n) is 23.1. The van der Waals surface area contributed by atoms with Gasteiger partial charge in [0.1, 0.15) is 18.8 Å². The van der Waals surface area contributed by atoms with Gasteiger partial charge in [-0.15, -0.1) is 0 Å².